The summed E-state index contributed by atoms with van der Waals surface area (Å²) in [6.45, 7) is 1.87. The first kappa shape index (κ1) is 13.6. The topological polar surface area (TPSA) is 66.0 Å². The highest BCUT2D eigenvalue weighted by atomic mass is 16.3. The van der Waals surface area contributed by atoms with Crippen LogP contribution in [0.15, 0.2) is 58.7 Å². The van der Waals surface area contributed by atoms with E-state index in [-0.39, 0.29) is 11.6 Å². The number of nitrogens with one attached hydrogen (secondary N) is 1. The van der Waals surface area contributed by atoms with Crippen LogP contribution >= 0.6 is 0 Å². The smallest absolute Gasteiger partial charge is 0.262 e. The zero-order valence-corrected chi connectivity index (χ0v) is 11.0. The zero-order valence-electron chi connectivity index (χ0n) is 11.0. The number of hydrogen-bond donors (Lipinski definition) is 1. The van der Waals surface area contributed by atoms with Crippen LogP contribution in [0.3, 0.4) is 0 Å². The van der Waals surface area contributed by atoms with E-state index < -0.39 is 5.91 Å². The van der Waals surface area contributed by atoms with E-state index in [1.807, 2.05) is 43.3 Å². The number of carbonyl (C=O) groups excluding carboxylic acids is 1. The lowest BCUT2D eigenvalue weighted by molar-refractivity contribution is -0.117. The normalized spacial score (nSPS) is 12.5. The van der Waals surface area contributed by atoms with Gasteiger partial charge in [-0.15, -0.1) is 0 Å². The number of nitrogens with zero attached hydrogens (tertiary/aromatic N) is 1. The average molecular weight is 266 g/mol. The summed E-state index contributed by atoms with van der Waals surface area (Å²) in [6, 6.07) is 14.7. The van der Waals surface area contributed by atoms with Crippen molar-refractivity contribution in [1.29, 1.82) is 5.26 Å². The van der Waals surface area contributed by atoms with Crippen LogP contribution < -0.4 is 5.32 Å². The first-order valence-electron chi connectivity index (χ1n) is 6.22. The van der Waals surface area contributed by atoms with Gasteiger partial charge in [-0.05, 0) is 24.6 Å². The SMILES string of the molecule is CC(NC(=O)C(C#N)=Cc1ccco1)c1ccccc1. The fourth-order valence-electron chi connectivity index (χ4n) is 1.76. The van der Waals surface area contributed by atoms with Crippen molar-refractivity contribution in [2.45, 2.75) is 13.0 Å². The van der Waals surface area contributed by atoms with Crippen molar-refractivity contribution in [3.05, 3.63) is 65.6 Å². The summed E-state index contributed by atoms with van der Waals surface area (Å²) in [5.41, 5.74) is 0.999. The fourth-order valence-corrected chi connectivity index (χ4v) is 1.76. The van der Waals surface area contributed by atoms with Crippen molar-refractivity contribution in [3.63, 3.8) is 0 Å². The van der Waals surface area contributed by atoms with Crippen LogP contribution in [0, 0.1) is 11.3 Å². The predicted molar refractivity (Wildman–Crippen MR) is 75.3 cm³/mol. The highest BCUT2D eigenvalue weighted by Gasteiger charge is 2.13. The minimum atomic E-state index is -0.416. The first-order valence-corrected chi connectivity index (χ1v) is 6.22. The van der Waals surface area contributed by atoms with Crippen LogP contribution in [0.4, 0.5) is 0 Å². The molecule has 1 N–H and O–H groups in total. The van der Waals surface area contributed by atoms with Crippen LogP contribution in [-0.4, -0.2) is 5.91 Å². The van der Waals surface area contributed by atoms with Gasteiger partial charge in [0.15, 0.2) is 0 Å². The number of nitriles is 1. The lowest BCUT2D eigenvalue weighted by atomic mass is 10.1. The maximum Gasteiger partial charge on any atom is 0.262 e. The van der Waals surface area contributed by atoms with Gasteiger partial charge in [0.25, 0.3) is 5.91 Å². The Labute approximate surface area is 117 Å². The van der Waals surface area contributed by atoms with Gasteiger partial charge in [-0.2, -0.15) is 5.26 Å². The molecule has 1 unspecified atom stereocenters. The van der Waals surface area contributed by atoms with Crippen LogP contribution in [-0.2, 0) is 4.79 Å². The van der Waals surface area contributed by atoms with Crippen molar-refractivity contribution < 1.29 is 9.21 Å². The molecule has 0 aliphatic carbocycles. The van der Waals surface area contributed by atoms with Crippen molar-refractivity contribution in [3.8, 4) is 6.07 Å². The largest absolute Gasteiger partial charge is 0.465 e. The van der Waals surface area contributed by atoms with Gasteiger partial charge in [0.1, 0.15) is 17.4 Å². The van der Waals surface area contributed by atoms with E-state index in [1.165, 1.54) is 12.3 Å². The van der Waals surface area contributed by atoms with Gasteiger partial charge < -0.3 is 9.73 Å². The number of furan rings is 1. The Morgan fingerprint density at radius 3 is 2.65 bits per heavy atom. The summed E-state index contributed by atoms with van der Waals surface area (Å²) < 4.78 is 5.10. The highest BCUT2D eigenvalue weighted by Crippen LogP contribution is 2.13. The molecular formula is C16H14N2O2. The van der Waals surface area contributed by atoms with E-state index in [1.54, 1.807) is 12.1 Å². The van der Waals surface area contributed by atoms with E-state index >= 15 is 0 Å². The van der Waals surface area contributed by atoms with Gasteiger partial charge >= 0.3 is 0 Å². The van der Waals surface area contributed by atoms with Crippen LogP contribution in [0.1, 0.15) is 24.3 Å². The van der Waals surface area contributed by atoms with Gasteiger partial charge in [0.05, 0.1) is 12.3 Å². The second-order valence-electron chi connectivity index (χ2n) is 4.29. The summed E-state index contributed by atoms with van der Waals surface area (Å²) >= 11 is 0. The maximum atomic E-state index is 12.0. The Kier molecular flexibility index (Phi) is 4.35. The second-order valence-corrected chi connectivity index (χ2v) is 4.29. The van der Waals surface area contributed by atoms with E-state index in [2.05, 4.69) is 5.32 Å². The summed E-state index contributed by atoms with van der Waals surface area (Å²) in [4.78, 5) is 12.0. The molecule has 0 saturated carbocycles. The molecule has 4 heteroatoms. The molecule has 2 rings (SSSR count). The summed E-state index contributed by atoms with van der Waals surface area (Å²) in [5, 5.41) is 11.8. The summed E-state index contributed by atoms with van der Waals surface area (Å²) in [7, 11) is 0. The molecule has 0 aliphatic rings. The number of benzene rings is 1. The minimum absolute atomic E-state index is 0.0164. The minimum Gasteiger partial charge on any atom is -0.465 e. The van der Waals surface area contributed by atoms with Crippen molar-refractivity contribution in [1.82, 2.24) is 5.32 Å². The van der Waals surface area contributed by atoms with Gasteiger partial charge in [0, 0.05) is 6.08 Å². The molecule has 0 aliphatic heterocycles. The Morgan fingerprint density at radius 1 is 1.30 bits per heavy atom. The van der Waals surface area contributed by atoms with Gasteiger partial charge in [-0.25, -0.2) is 0 Å². The standard InChI is InChI=1S/C16H14N2O2/c1-12(13-6-3-2-4-7-13)18-16(19)14(11-17)10-15-8-5-9-20-15/h2-10,12H,1H3,(H,18,19). The van der Waals surface area contributed by atoms with E-state index in [4.69, 9.17) is 9.68 Å². The molecule has 4 nitrogen and oxygen atoms in total. The van der Waals surface area contributed by atoms with Crippen LogP contribution in [0.5, 0.6) is 0 Å². The lowest BCUT2D eigenvalue weighted by Gasteiger charge is -2.13. The van der Waals surface area contributed by atoms with Gasteiger partial charge in [-0.1, -0.05) is 30.3 Å². The molecule has 100 valence electrons. The van der Waals surface area contributed by atoms with Crippen LogP contribution in [0.2, 0.25) is 0 Å². The molecule has 1 aromatic heterocycles. The molecular weight excluding hydrogens is 252 g/mol. The third-order valence-corrected chi connectivity index (χ3v) is 2.84. The average Bonchev–Trinajstić information content (AvgIpc) is 2.98. The monoisotopic (exact) mass is 266 g/mol. The Morgan fingerprint density at radius 2 is 2.05 bits per heavy atom. The number of hydrogen-bond acceptors (Lipinski definition) is 3. The molecule has 20 heavy (non-hydrogen) atoms. The Bertz CT molecular complexity index is 637. The number of carbonyl (C=O) groups is 1. The van der Waals surface area contributed by atoms with Crippen molar-refractivity contribution in [2.75, 3.05) is 0 Å². The third-order valence-electron chi connectivity index (χ3n) is 2.84. The highest BCUT2D eigenvalue weighted by molar-refractivity contribution is 6.01. The number of rotatable bonds is 4. The maximum absolute atomic E-state index is 12.0. The molecule has 0 saturated heterocycles. The Balaban J connectivity index is 2.09. The molecule has 1 aromatic carbocycles. The number of amides is 1. The quantitative estimate of drug-likeness (QED) is 0.683. The molecule has 0 radical (unpaired) electrons. The molecule has 0 fully saturated rings. The summed E-state index contributed by atoms with van der Waals surface area (Å²) in [6.07, 6.45) is 2.92. The summed E-state index contributed by atoms with van der Waals surface area (Å²) in [5.74, 6) is 0.0596. The van der Waals surface area contributed by atoms with Crippen LogP contribution in [0.25, 0.3) is 6.08 Å². The molecule has 1 amide bonds. The first-order chi connectivity index (χ1) is 9.70. The molecule has 0 bridgehead atoms. The third kappa shape index (κ3) is 3.36. The molecule has 2 aromatic rings. The molecule has 1 heterocycles. The van der Waals surface area contributed by atoms with Crippen molar-refractivity contribution in [2.24, 2.45) is 0 Å². The van der Waals surface area contributed by atoms with Crippen molar-refractivity contribution >= 4 is 12.0 Å². The second kappa shape index (κ2) is 6.39. The van der Waals surface area contributed by atoms with E-state index in [9.17, 15) is 4.79 Å². The van der Waals surface area contributed by atoms with E-state index in [0.29, 0.717) is 5.76 Å². The lowest BCUT2D eigenvalue weighted by Crippen LogP contribution is -2.27. The zero-order chi connectivity index (χ0) is 14.4. The fraction of sp³-hybridized carbons (Fsp3) is 0.125. The molecule has 1 atom stereocenters. The predicted octanol–water partition coefficient (Wildman–Crippen LogP) is 3.06. The molecule has 0 spiro atoms. The van der Waals surface area contributed by atoms with Gasteiger partial charge in [-0.3, -0.25) is 4.79 Å². The Hall–Kier alpha value is -2.80. The van der Waals surface area contributed by atoms with E-state index in [0.717, 1.165) is 5.56 Å². The van der Waals surface area contributed by atoms with Gasteiger partial charge in [0.2, 0.25) is 0 Å².